The first-order valence-corrected chi connectivity index (χ1v) is 16.2. The highest BCUT2D eigenvalue weighted by Crippen LogP contribution is 2.32. The average Bonchev–Trinajstić information content (AvgIpc) is 3.51. The van der Waals surface area contributed by atoms with E-state index >= 15 is 0 Å². The first kappa shape index (κ1) is 31.2. The van der Waals surface area contributed by atoms with Crippen LogP contribution in [0.2, 0.25) is 0 Å². The fourth-order valence-corrected chi connectivity index (χ4v) is 6.77. The minimum absolute atomic E-state index is 0.0198. The summed E-state index contributed by atoms with van der Waals surface area (Å²) in [5.41, 5.74) is 5.72. The largest absolute Gasteiger partial charge is 0.508 e. The van der Waals surface area contributed by atoms with Gasteiger partial charge in [-0.15, -0.1) is 0 Å². The fourth-order valence-electron chi connectivity index (χ4n) is 6.77. The molecule has 0 aliphatic carbocycles. The highest BCUT2D eigenvalue weighted by Gasteiger charge is 2.33. The van der Waals surface area contributed by atoms with Crippen molar-refractivity contribution >= 4 is 23.2 Å². The Kier molecular flexibility index (Phi) is 8.71. The summed E-state index contributed by atoms with van der Waals surface area (Å²) in [6, 6.07) is 30.6. The number of aromatic nitrogens is 1. The maximum Gasteiger partial charge on any atom is 0.264 e. The smallest absolute Gasteiger partial charge is 0.264 e. The topological polar surface area (TPSA) is 98.5 Å². The monoisotopic (exact) mass is 642 g/mol. The summed E-state index contributed by atoms with van der Waals surface area (Å²) in [5.74, 6) is -0.285. The molecule has 2 aliphatic rings. The second kappa shape index (κ2) is 13.4. The molecule has 2 N–H and O–H groups in total. The van der Waals surface area contributed by atoms with E-state index in [0.29, 0.717) is 47.9 Å². The fraction of sp³-hybridized carbons (Fsp3) is 0.231. The molecule has 0 saturated carbocycles. The van der Waals surface area contributed by atoms with E-state index in [0.717, 1.165) is 37.3 Å². The van der Waals surface area contributed by atoms with Gasteiger partial charge in [0, 0.05) is 61.6 Å². The molecular weight excluding hydrogens is 604 g/mol. The van der Waals surface area contributed by atoms with E-state index in [1.165, 1.54) is 5.56 Å². The third-order valence-corrected chi connectivity index (χ3v) is 9.25. The lowest BCUT2D eigenvalue weighted by atomic mass is 9.92. The number of aryl methyl sites for hydroxylation is 1. The molecule has 3 heterocycles. The van der Waals surface area contributed by atoms with Crippen molar-refractivity contribution in [3.8, 4) is 17.2 Å². The van der Waals surface area contributed by atoms with Crippen LogP contribution in [0.4, 0.5) is 11.4 Å². The van der Waals surface area contributed by atoms with Crippen LogP contribution in [-0.2, 0) is 17.7 Å². The second-order valence-corrected chi connectivity index (χ2v) is 12.4. The number of phenols is 2. The third-order valence-electron chi connectivity index (χ3n) is 9.25. The Hall–Kier alpha value is -5.38. The van der Waals surface area contributed by atoms with Gasteiger partial charge in [-0.1, -0.05) is 42.5 Å². The molecule has 7 rings (SSSR count). The Morgan fingerprint density at radius 2 is 1.48 bits per heavy atom. The van der Waals surface area contributed by atoms with Gasteiger partial charge in [0.1, 0.15) is 11.5 Å². The molecule has 0 unspecified atom stereocenters. The number of fused-ring (bicyclic) bond motifs is 1. The molecule has 9 nitrogen and oxygen atoms in total. The number of carbonyl (C=O) groups excluding carboxylic acids is 2. The van der Waals surface area contributed by atoms with Crippen molar-refractivity contribution in [2.75, 3.05) is 37.7 Å². The van der Waals surface area contributed by atoms with Crippen molar-refractivity contribution < 1.29 is 24.5 Å². The molecule has 4 aromatic carbocycles. The molecule has 0 spiro atoms. The van der Waals surface area contributed by atoms with E-state index in [4.69, 9.17) is 4.74 Å². The van der Waals surface area contributed by atoms with E-state index in [1.54, 1.807) is 64.2 Å². The lowest BCUT2D eigenvalue weighted by Crippen LogP contribution is -2.52. The number of nitrogens with zero attached hydrogens (tertiary/aromatic N) is 4. The number of morpholine rings is 1. The predicted octanol–water partition coefficient (Wildman–Crippen LogP) is 6.07. The second-order valence-electron chi connectivity index (χ2n) is 12.4. The van der Waals surface area contributed by atoms with Crippen LogP contribution in [0.25, 0.3) is 5.69 Å². The highest BCUT2D eigenvalue weighted by molar-refractivity contribution is 6.11. The number of hydrogen-bond donors (Lipinski definition) is 2. The minimum atomic E-state index is -0.278. The highest BCUT2D eigenvalue weighted by atomic mass is 16.5. The number of carbonyl (C=O) groups is 2. The Morgan fingerprint density at radius 1 is 0.812 bits per heavy atom. The van der Waals surface area contributed by atoms with Gasteiger partial charge in [0.15, 0.2) is 0 Å². The molecule has 1 saturated heterocycles. The van der Waals surface area contributed by atoms with Crippen molar-refractivity contribution in [3.05, 3.63) is 137 Å². The Balaban J connectivity index is 1.25. The number of anilines is 2. The molecule has 48 heavy (non-hydrogen) atoms. The van der Waals surface area contributed by atoms with Gasteiger partial charge in [-0.3, -0.25) is 19.4 Å². The summed E-state index contributed by atoms with van der Waals surface area (Å²) >= 11 is 0. The summed E-state index contributed by atoms with van der Waals surface area (Å²) < 4.78 is 7.38. The zero-order valence-corrected chi connectivity index (χ0v) is 26.8. The van der Waals surface area contributed by atoms with Crippen molar-refractivity contribution in [3.63, 3.8) is 0 Å². The van der Waals surface area contributed by atoms with Gasteiger partial charge in [-0.05, 0) is 79.1 Å². The van der Waals surface area contributed by atoms with Gasteiger partial charge in [-0.25, -0.2) is 0 Å². The first-order chi connectivity index (χ1) is 23.4. The predicted molar refractivity (Wildman–Crippen MR) is 184 cm³/mol. The normalized spacial score (nSPS) is 16.4. The van der Waals surface area contributed by atoms with E-state index in [-0.39, 0.29) is 29.4 Å². The van der Waals surface area contributed by atoms with Crippen LogP contribution >= 0.6 is 0 Å². The SMILES string of the molecule is Cc1cc(C(=O)N(c2ccccc2)c2ccc(O)cc2)cn1-c1cc(O)ccc1C(=O)N1Cc2ccccc2C[C@H]1CN1CCOCC1. The van der Waals surface area contributed by atoms with Gasteiger partial charge in [-0.2, -0.15) is 0 Å². The van der Waals surface area contributed by atoms with E-state index in [9.17, 15) is 19.8 Å². The summed E-state index contributed by atoms with van der Waals surface area (Å²) in [6.45, 7) is 6.12. The van der Waals surface area contributed by atoms with Crippen LogP contribution in [0, 0.1) is 6.92 Å². The summed E-state index contributed by atoms with van der Waals surface area (Å²) in [6.07, 6.45) is 2.47. The van der Waals surface area contributed by atoms with Crippen LogP contribution in [0.3, 0.4) is 0 Å². The van der Waals surface area contributed by atoms with Crippen molar-refractivity contribution in [1.29, 1.82) is 0 Å². The number of rotatable bonds is 7. The number of hydrogen-bond acceptors (Lipinski definition) is 6. The third kappa shape index (κ3) is 6.30. The number of benzene rings is 4. The zero-order valence-electron chi connectivity index (χ0n) is 26.8. The zero-order chi connectivity index (χ0) is 33.2. The number of aromatic hydroxyl groups is 2. The molecule has 2 amide bonds. The van der Waals surface area contributed by atoms with Gasteiger partial charge < -0.3 is 24.4 Å². The van der Waals surface area contributed by atoms with Crippen LogP contribution in [0.1, 0.15) is 37.5 Å². The van der Waals surface area contributed by atoms with Gasteiger partial charge >= 0.3 is 0 Å². The van der Waals surface area contributed by atoms with Gasteiger partial charge in [0.2, 0.25) is 0 Å². The summed E-state index contributed by atoms with van der Waals surface area (Å²) in [7, 11) is 0. The van der Waals surface area contributed by atoms with Crippen molar-refractivity contribution in [2.45, 2.75) is 25.9 Å². The minimum Gasteiger partial charge on any atom is -0.508 e. The standard InChI is InChI=1S/C39H38N4O5/c1-27-21-30(38(46)43(31-9-3-2-4-10-31)32-11-13-34(44)14-12-32)25-41(27)37-23-35(45)15-16-36(37)39(47)42-24-29-8-6-5-7-28(29)22-33(42)26-40-17-19-48-20-18-40/h2-16,21,23,25,33,44-45H,17-20,22,24,26H2,1H3/t33-/m0/s1. The Morgan fingerprint density at radius 3 is 2.23 bits per heavy atom. The lowest BCUT2D eigenvalue weighted by Gasteiger charge is -2.40. The maximum absolute atomic E-state index is 14.6. The van der Waals surface area contributed by atoms with Crippen LogP contribution < -0.4 is 4.90 Å². The van der Waals surface area contributed by atoms with Crippen molar-refractivity contribution in [1.82, 2.24) is 14.4 Å². The molecule has 2 aliphatic heterocycles. The summed E-state index contributed by atoms with van der Waals surface area (Å²) in [5, 5.41) is 20.6. The Bertz CT molecular complexity index is 1930. The van der Waals surface area contributed by atoms with E-state index in [1.807, 2.05) is 48.2 Å². The number of para-hydroxylation sites is 1. The molecular formula is C39H38N4O5. The molecule has 244 valence electrons. The first-order valence-electron chi connectivity index (χ1n) is 16.2. The molecule has 1 aromatic heterocycles. The molecule has 0 radical (unpaired) electrons. The Labute approximate surface area is 279 Å². The van der Waals surface area contributed by atoms with Crippen LogP contribution in [-0.4, -0.2) is 75.3 Å². The van der Waals surface area contributed by atoms with Gasteiger partial charge in [0.25, 0.3) is 11.8 Å². The van der Waals surface area contributed by atoms with E-state index < -0.39 is 0 Å². The van der Waals surface area contributed by atoms with Crippen LogP contribution in [0.15, 0.2) is 109 Å². The molecule has 1 fully saturated rings. The average molecular weight is 643 g/mol. The van der Waals surface area contributed by atoms with Gasteiger partial charge in [0.05, 0.1) is 30.0 Å². The summed E-state index contributed by atoms with van der Waals surface area (Å²) in [4.78, 5) is 34.8. The maximum atomic E-state index is 14.6. The number of phenolic OH excluding ortho intramolecular Hbond substituents is 2. The molecule has 1 atom stereocenters. The van der Waals surface area contributed by atoms with Crippen LogP contribution in [0.5, 0.6) is 11.5 Å². The molecule has 5 aromatic rings. The quantitative estimate of drug-likeness (QED) is 0.224. The number of ether oxygens (including phenoxy) is 1. The van der Waals surface area contributed by atoms with Crippen molar-refractivity contribution in [2.24, 2.45) is 0 Å². The molecule has 9 heteroatoms. The molecule has 0 bridgehead atoms. The van der Waals surface area contributed by atoms with E-state index in [2.05, 4.69) is 23.1 Å². The lowest BCUT2D eigenvalue weighted by molar-refractivity contribution is 0.0193. The number of amides is 2.